The van der Waals surface area contributed by atoms with E-state index in [0.717, 1.165) is 112 Å². The summed E-state index contributed by atoms with van der Waals surface area (Å²) >= 11 is 0. The summed E-state index contributed by atoms with van der Waals surface area (Å²) in [6.07, 6.45) is 0. The molecule has 7 heteroatoms. The molecule has 0 saturated heterocycles. The third-order valence-corrected chi connectivity index (χ3v) is 12.6. The summed E-state index contributed by atoms with van der Waals surface area (Å²) in [5.74, 6) is 4.96. The summed E-state index contributed by atoms with van der Waals surface area (Å²) in [5.41, 5.74) is 6.83. The second-order valence-electron chi connectivity index (χ2n) is 14.0. The highest BCUT2D eigenvalue weighted by Crippen LogP contribution is 2.52. The Morgan fingerprint density at radius 2 is 0.800 bits per heavy atom. The Labute approximate surface area is 333 Å². The molecule has 5 nitrogen and oxygen atoms in total. The lowest BCUT2D eigenvalue weighted by molar-refractivity contribution is -0.106. The molecule has 284 valence electrons. The van der Waals surface area contributed by atoms with Crippen LogP contribution in [0.25, 0.3) is 0 Å². The highest BCUT2D eigenvalue weighted by molar-refractivity contribution is 6.10. The molecule has 2 atom stereocenters. The fraction of sp³-hybridized carbons (Fsp3) is 0.250. The van der Waals surface area contributed by atoms with Gasteiger partial charge < -0.3 is 23.7 Å². The van der Waals surface area contributed by atoms with Crippen LogP contribution < -0.4 is 18.9 Å². The summed E-state index contributed by atoms with van der Waals surface area (Å²) in [7, 11) is 1.71. The zero-order valence-corrected chi connectivity index (χ0v) is 37.6. The second-order valence-corrected chi connectivity index (χ2v) is 15.4. The quantitative estimate of drug-likeness (QED) is 0.0919. The molecular formula is C48H54O5Si2. The van der Waals surface area contributed by atoms with Gasteiger partial charge in [-0.25, -0.2) is 0 Å². The highest BCUT2D eigenvalue weighted by Gasteiger charge is 2.47. The molecule has 0 amide bonds. The SMILES string of the molecule is CCOc1ccc(C(C[SiH3])(OC(C[SiH3])(c2ccc(OCC)cc2)c2ccc(C)c(Oc3ccccc3)c2C)c2ccc(C)c(Oc3ccccc3)c2C)cc1. The van der Waals surface area contributed by atoms with Gasteiger partial charge in [0.05, 0.1) is 13.2 Å². The maximum atomic E-state index is 8.20. The molecule has 0 fully saturated rings. The van der Waals surface area contributed by atoms with Crippen molar-refractivity contribution in [1.29, 1.82) is 0 Å². The van der Waals surface area contributed by atoms with Crippen LogP contribution in [-0.2, 0) is 15.9 Å². The lowest BCUT2D eigenvalue weighted by atomic mass is 9.79. The molecule has 0 aromatic heterocycles. The van der Waals surface area contributed by atoms with Crippen molar-refractivity contribution in [2.45, 2.75) is 64.8 Å². The molecule has 0 N–H and O–H groups in total. The van der Waals surface area contributed by atoms with Gasteiger partial charge in [-0.2, -0.15) is 0 Å². The van der Waals surface area contributed by atoms with Gasteiger partial charge in [-0.15, -0.1) is 0 Å². The monoisotopic (exact) mass is 766 g/mol. The van der Waals surface area contributed by atoms with Crippen LogP contribution >= 0.6 is 0 Å². The van der Waals surface area contributed by atoms with Crippen molar-refractivity contribution in [1.82, 2.24) is 0 Å². The van der Waals surface area contributed by atoms with E-state index in [9.17, 15) is 0 Å². The first kappa shape index (κ1) is 39.6. The number of ether oxygens (including phenoxy) is 5. The van der Waals surface area contributed by atoms with Crippen LogP contribution in [-0.4, -0.2) is 33.7 Å². The first-order valence-electron chi connectivity index (χ1n) is 19.5. The molecule has 2 unspecified atom stereocenters. The number of benzene rings is 6. The topological polar surface area (TPSA) is 46.2 Å². The van der Waals surface area contributed by atoms with Crippen molar-refractivity contribution in [3.8, 4) is 34.5 Å². The van der Waals surface area contributed by atoms with E-state index >= 15 is 0 Å². The Bertz CT molecular complexity index is 2020. The Hall–Kier alpha value is -5.09. The predicted molar refractivity (Wildman–Crippen MR) is 232 cm³/mol. The fourth-order valence-corrected chi connectivity index (χ4v) is 9.67. The first-order valence-corrected chi connectivity index (χ1v) is 22.4. The van der Waals surface area contributed by atoms with E-state index in [1.807, 2.05) is 74.5 Å². The van der Waals surface area contributed by atoms with Crippen molar-refractivity contribution in [3.05, 3.63) is 178 Å². The molecule has 0 spiro atoms. The lowest BCUT2D eigenvalue weighted by Crippen LogP contribution is -2.43. The largest absolute Gasteiger partial charge is 0.494 e. The second kappa shape index (κ2) is 17.6. The van der Waals surface area contributed by atoms with E-state index in [1.165, 1.54) is 0 Å². The third-order valence-electron chi connectivity index (χ3n) is 10.6. The molecule has 0 saturated carbocycles. The Kier molecular flexibility index (Phi) is 12.7. The zero-order chi connectivity index (χ0) is 39.0. The van der Waals surface area contributed by atoms with Crippen LogP contribution in [0.1, 0.15) is 58.4 Å². The van der Waals surface area contributed by atoms with Crippen LogP contribution in [0.2, 0.25) is 12.1 Å². The van der Waals surface area contributed by atoms with Gasteiger partial charge in [-0.05, 0) is 147 Å². The molecule has 6 rings (SSSR count). The molecule has 55 heavy (non-hydrogen) atoms. The maximum absolute atomic E-state index is 8.20. The Morgan fingerprint density at radius 3 is 1.13 bits per heavy atom. The Balaban J connectivity index is 1.63. The van der Waals surface area contributed by atoms with Crippen LogP contribution in [0, 0.1) is 27.7 Å². The van der Waals surface area contributed by atoms with Gasteiger partial charge in [0.25, 0.3) is 0 Å². The minimum absolute atomic E-state index is 0.598. The van der Waals surface area contributed by atoms with E-state index < -0.39 is 11.2 Å². The summed E-state index contributed by atoms with van der Waals surface area (Å²) in [6.45, 7) is 13.8. The average molecular weight is 767 g/mol. The van der Waals surface area contributed by atoms with Gasteiger partial charge in [0.15, 0.2) is 0 Å². The van der Waals surface area contributed by atoms with E-state index in [-0.39, 0.29) is 0 Å². The standard InChI is InChI=1S/C48H54O5Si2/c1-7-49-39-25-21-37(22-26-39)47(31-54,43-29-19-33(3)45(35(43)5)51-41-15-11-9-12-16-41)53-48(32-55,38-23-27-40(28-24-38)50-8-2)44-30-20-34(4)46(36(44)6)52-42-17-13-10-14-18-42/h9-30H,7-8,31-32H2,1-6,54-55H3. The van der Waals surface area contributed by atoms with Crippen molar-refractivity contribution >= 4 is 20.5 Å². The van der Waals surface area contributed by atoms with Crippen LogP contribution in [0.3, 0.4) is 0 Å². The zero-order valence-electron chi connectivity index (χ0n) is 33.6. The number of aryl methyl sites for hydroxylation is 2. The molecule has 6 aromatic rings. The van der Waals surface area contributed by atoms with Crippen LogP contribution in [0.15, 0.2) is 133 Å². The van der Waals surface area contributed by atoms with E-state index in [0.29, 0.717) is 13.2 Å². The smallest absolute Gasteiger partial charge is 0.133 e. The molecule has 0 bridgehead atoms. The van der Waals surface area contributed by atoms with Crippen molar-refractivity contribution in [2.75, 3.05) is 13.2 Å². The van der Waals surface area contributed by atoms with Crippen molar-refractivity contribution < 1.29 is 23.7 Å². The van der Waals surface area contributed by atoms with E-state index in [2.05, 4.69) is 100 Å². The molecule has 6 aromatic carbocycles. The maximum Gasteiger partial charge on any atom is 0.133 e. The van der Waals surface area contributed by atoms with Gasteiger partial charge in [0.1, 0.15) is 45.7 Å². The van der Waals surface area contributed by atoms with Crippen molar-refractivity contribution in [2.24, 2.45) is 0 Å². The molecule has 0 aliphatic carbocycles. The van der Waals surface area contributed by atoms with E-state index in [4.69, 9.17) is 23.7 Å². The molecule has 0 aliphatic rings. The molecule has 0 aliphatic heterocycles. The number of rotatable bonds is 16. The number of hydrogen-bond donors (Lipinski definition) is 0. The van der Waals surface area contributed by atoms with Gasteiger partial charge >= 0.3 is 0 Å². The summed E-state index contributed by atoms with van der Waals surface area (Å²) in [4.78, 5) is 0. The summed E-state index contributed by atoms with van der Waals surface area (Å²) in [5, 5.41) is 0. The molecular weight excluding hydrogens is 713 g/mol. The Morgan fingerprint density at radius 1 is 0.436 bits per heavy atom. The first-order chi connectivity index (χ1) is 26.7. The van der Waals surface area contributed by atoms with Gasteiger partial charge in [0, 0.05) is 20.5 Å². The van der Waals surface area contributed by atoms with E-state index in [1.54, 1.807) is 0 Å². The molecule has 0 heterocycles. The number of para-hydroxylation sites is 2. The third kappa shape index (κ3) is 8.15. The lowest BCUT2D eigenvalue weighted by Gasteiger charge is -2.46. The molecule has 0 radical (unpaired) electrons. The fourth-order valence-electron chi connectivity index (χ4n) is 7.80. The summed E-state index contributed by atoms with van der Waals surface area (Å²) < 4.78 is 33.5. The minimum Gasteiger partial charge on any atom is -0.494 e. The van der Waals surface area contributed by atoms with Crippen LogP contribution in [0.5, 0.6) is 34.5 Å². The van der Waals surface area contributed by atoms with Gasteiger partial charge in [-0.1, -0.05) is 84.9 Å². The van der Waals surface area contributed by atoms with Gasteiger partial charge in [0.2, 0.25) is 0 Å². The summed E-state index contributed by atoms with van der Waals surface area (Å²) in [6, 6.07) is 47.5. The van der Waals surface area contributed by atoms with Crippen LogP contribution in [0.4, 0.5) is 0 Å². The van der Waals surface area contributed by atoms with Crippen molar-refractivity contribution in [3.63, 3.8) is 0 Å². The minimum atomic E-state index is -0.857. The normalized spacial score (nSPS) is 13.5. The number of hydrogen-bond acceptors (Lipinski definition) is 5. The highest BCUT2D eigenvalue weighted by atomic mass is 28.1. The average Bonchev–Trinajstić information content (AvgIpc) is 3.21. The predicted octanol–water partition coefficient (Wildman–Crippen LogP) is 10.1. The van der Waals surface area contributed by atoms with Gasteiger partial charge in [-0.3, -0.25) is 0 Å².